The number of piperidine rings is 2. The topological polar surface area (TPSA) is 121 Å². The highest BCUT2D eigenvalue weighted by molar-refractivity contribution is 6.32. The van der Waals surface area contributed by atoms with Crippen LogP contribution in [0.4, 0.5) is 17.3 Å². The van der Waals surface area contributed by atoms with Crippen molar-refractivity contribution >= 4 is 47.0 Å². The molecule has 2 aliphatic rings. The van der Waals surface area contributed by atoms with Crippen molar-refractivity contribution in [2.24, 2.45) is 5.73 Å². The standard InChI is InChI=1S/C33H39ClN8O3/c1-39-16-11-26(12-17-39)40(2)31(44)23-5-8-25(9-6-23)36-32-37-30-28(4-3-15-42(30)38-32)41-18-13-33(21-35,14-19-41)24-7-10-27(34)29(20-24)45-22-43/h3-10,15,20,22,26H,11-14,16-19,21,35H2,1-2H3,(H,36,38). The first-order chi connectivity index (χ1) is 21.8. The van der Waals surface area contributed by atoms with Crippen LogP contribution in [0.3, 0.4) is 0 Å². The third-order valence-corrected chi connectivity index (χ3v) is 9.77. The molecule has 0 bridgehead atoms. The maximum Gasteiger partial charge on any atom is 0.298 e. The second-order valence-corrected chi connectivity index (χ2v) is 12.5. The molecule has 0 atom stereocenters. The molecule has 0 unspecified atom stereocenters. The summed E-state index contributed by atoms with van der Waals surface area (Å²) in [6.45, 7) is 4.40. The smallest absolute Gasteiger partial charge is 0.298 e. The van der Waals surface area contributed by atoms with Crippen molar-refractivity contribution in [2.75, 3.05) is 57.0 Å². The predicted molar refractivity (Wildman–Crippen MR) is 176 cm³/mol. The molecule has 45 heavy (non-hydrogen) atoms. The number of carbonyl (C=O) groups is 2. The SMILES string of the molecule is CN1CCC(N(C)C(=O)c2ccc(Nc3nc4c(N5CCC(CN)(c6ccc(Cl)c(OC=O)c6)CC5)cccn4n3)cc2)CC1. The summed E-state index contributed by atoms with van der Waals surface area (Å²) >= 11 is 6.22. The van der Waals surface area contributed by atoms with E-state index in [0.717, 1.165) is 74.4 Å². The number of rotatable bonds is 9. The van der Waals surface area contributed by atoms with E-state index in [9.17, 15) is 9.59 Å². The van der Waals surface area contributed by atoms with Gasteiger partial charge in [-0.2, -0.15) is 4.98 Å². The van der Waals surface area contributed by atoms with Gasteiger partial charge in [-0.15, -0.1) is 5.10 Å². The molecule has 0 aliphatic carbocycles. The molecule has 1 amide bonds. The zero-order valence-corrected chi connectivity index (χ0v) is 26.4. The third kappa shape index (κ3) is 6.33. The number of hydrogen-bond donors (Lipinski definition) is 2. The molecule has 2 aromatic heterocycles. The number of hydrogen-bond acceptors (Lipinski definition) is 9. The summed E-state index contributed by atoms with van der Waals surface area (Å²) in [6.07, 6.45) is 5.49. The van der Waals surface area contributed by atoms with Gasteiger partial charge in [-0.3, -0.25) is 9.59 Å². The zero-order chi connectivity index (χ0) is 31.6. The third-order valence-electron chi connectivity index (χ3n) is 9.46. The Bertz CT molecular complexity index is 1660. The summed E-state index contributed by atoms with van der Waals surface area (Å²) < 4.78 is 6.86. The van der Waals surface area contributed by atoms with Gasteiger partial charge in [0.1, 0.15) is 5.75 Å². The molecule has 2 aliphatic heterocycles. The van der Waals surface area contributed by atoms with Crippen LogP contribution in [-0.2, 0) is 10.2 Å². The van der Waals surface area contributed by atoms with E-state index in [-0.39, 0.29) is 17.4 Å². The number of nitrogens with zero attached hydrogens (tertiary/aromatic N) is 6. The lowest BCUT2D eigenvalue weighted by molar-refractivity contribution is -0.120. The Balaban J connectivity index is 1.13. The first-order valence-corrected chi connectivity index (χ1v) is 15.7. The molecular formula is C33H39ClN8O3. The van der Waals surface area contributed by atoms with Crippen molar-refractivity contribution in [3.05, 3.63) is 76.9 Å². The van der Waals surface area contributed by atoms with Crippen molar-refractivity contribution in [2.45, 2.75) is 37.1 Å². The average molecular weight is 631 g/mol. The Morgan fingerprint density at radius 1 is 1.13 bits per heavy atom. The number of aromatic nitrogens is 3. The van der Waals surface area contributed by atoms with Gasteiger partial charge < -0.3 is 30.5 Å². The van der Waals surface area contributed by atoms with Crippen LogP contribution in [0, 0.1) is 0 Å². The normalized spacial score (nSPS) is 17.3. The second-order valence-electron chi connectivity index (χ2n) is 12.1. The molecule has 2 aromatic carbocycles. The van der Waals surface area contributed by atoms with Gasteiger partial charge in [0.25, 0.3) is 12.4 Å². The number of nitrogens with one attached hydrogen (secondary N) is 1. The second kappa shape index (κ2) is 13.0. The monoisotopic (exact) mass is 630 g/mol. The minimum absolute atomic E-state index is 0.0394. The lowest BCUT2D eigenvalue weighted by atomic mass is 9.72. The summed E-state index contributed by atoms with van der Waals surface area (Å²) in [4.78, 5) is 35.4. The number of anilines is 3. The van der Waals surface area contributed by atoms with Gasteiger partial charge in [0, 0.05) is 55.6 Å². The maximum absolute atomic E-state index is 13.1. The van der Waals surface area contributed by atoms with Crippen LogP contribution < -0.4 is 20.7 Å². The fourth-order valence-electron chi connectivity index (χ4n) is 6.53. The minimum Gasteiger partial charge on any atom is -0.427 e. The van der Waals surface area contributed by atoms with Gasteiger partial charge in [-0.1, -0.05) is 17.7 Å². The van der Waals surface area contributed by atoms with Gasteiger partial charge >= 0.3 is 0 Å². The van der Waals surface area contributed by atoms with Crippen LogP contribution in [0.25, 0.3) is 5.65 Å². The molecule has 3 N–H and O–H groups in total. The van der Waals surface area contributed by atoms with E-state index in [1.165, 1.54) is 0 Å². The van der Waals surface area contributed by atoms with E-state index in [0.29, 0.717) is 35.3 Å². The van der Waals surface area contributed by atoms with Gasteiger partial charge in [0.05, 0.1) is 10.7 Å². The van der Waals surface area contributed by atoms with E-state index in [2.05, 4.69) is 33.3 Å². The Morgan fingerprint density at radius 3 is 2.56 bits per heavy atom. The molecule has 0 saturated carbocycles. The Morgan fingerprint density at radius 2 is 1.87 bits per heavy atom. The van der Waals surface area contributed by atoms with E-state index < -0.39 is 0 Å². The molecule has 236 valence electrons. The molecule has 4 aromatic rings. The molecular weight excluding hydrogens is 592 g/mol. The number of fused-ring (bicyclic) bond motifs is 1. The van der Waals surface area contributed by atoms with E-state index in [4.69, 9.17) is 27.1 Å². The quantitative estimate of drug-likeness (QED) is 0.260. The Hall–Kier alpha value is -4.19. The lowest BCUT2D eigenvalue weighted by Gasteiger charge is -2.42. The summed E-state index contributed by atoms with van der Waals surface area (Å²) in [5.41, 5.74) is 10.3. The summed E-state index contributed by atoms with van der Waals surface area (Å²) in [5, 5.41) is 8.34. The summed E-state index contributed by atoms with van der Waals surface area (Å²) in [5.74, 6) is 0.855. The average Bonchev–Trinajstić information content (AvgIpc) is 3.48. The molecule has 6 rings (SSSR count). The van der Waals surface area contributed by atoms with Gasteiger partial charge in [-0.25, -0.2) is 4.52 Å². The largest absolute Gasteiger partial charge is 0.427 e. The number of amides is 1. The number of ether oxygens (including phenoxy) is 1. The highest BCUT2D eigenvalue weighted by Crippen LogP contribution is 2.39. The Labute approximate surface area is 267 Å². The first kappa shape index (κ1) is 30.8. The van der Waals surface area contributed by atoms with Crippen LogP contribution in [0.1, 0.15) is 41.6 Å². The molecule has 2 saturated heterocycles. The number of pyridine rings is 1. The summed E-state index contributed by atoms with van der Waals surface area (Å²) in [7, 11) is 4.02. The van der Waals surface area contributed by atoms with Crippen molar-refractivity contribution in [3.8, 4) is 5.75 Å². The fourth-order valence-corrected chi connectivity index (χ4v) is 6.69. The highest BCUT2D eigenvalue weighted by atomic mass is 35.5. The van der Waals surface area contributed by atoms with Crippen LogP contribution in [0.15, 0.2) is 60.8 Å². The highest BCUT2D eigenvalue weighted by Gasteiger charge is 2.36. The molecule has 11 nitrogen and oxygen atoms in total. The molecule has 12 heteroatoms. The molecule has 0 radical (unpaired) electrons. The van der Waals surface area contributed by atoms with Crippen LogP contribution in [0.2, 0.25) is 5.02 Å². The molecule has 2 fully saturated rings. The molecule has 4 heterocycles. The Kier molecular flexibility index (Phi) is 8.93. The number of nitrogens with two attached hydrogens (primary N) is 1. The maximum atomic E-state index is 13.1. The molecule has 0 spiro atoms. The van der Waals surface area contributed by atoms with Crippen molar-refractivity contribution in [1.29, 1.82) is 0 Å². The van der Waals surface area contributed by atoms with Gasteiger partial charge in [-0.05, 0) is 99.9 Å². The van der Waals surface area contributed by atoms with Crippen molar-refractivity contribution in [3.63, 3.8) is 0 Å². The van der Waals surface area contributed by atoms with Gasteiger partial charge in [0.2, 0.25) is 5.95 Å². The zero-order valence-electron chi connectivity index (χ0n) is 25.7. The number of likely N-dealkylation sites (tertiary alicyclic amines) is 1. The van der Waals surface area contributed by atoms with Crippen LogP contribution in [0.5, 0.6) is 5.75 Å². The minimum atomic E-state index is -0.261. The van der Waals surface area contributed by atoms with Crippen molar-refractivity contribution in [1.82, 2.24) is 24.4 Å². The predicted octanol–water partition coefficient (Wildman–Crippen LogP) is 4.32. The van der Waals surface area contributed by atoms with Crippen LogP contribution >= 0.6 is 11.6 Å². The van der Waals surface area contributed by atoms with E-state index in [1.54, 1.807) is 10.6 Å². The van der Waals surface area contributed by atoms with E-state index in [1.807, 2.05) is 60.6 Å². The number of halogens is 1. The first-order valence-electron chi connectivity index (χ1n) is 15.3. The number of carbonyl (C=O) groups excluding carboxylic acids is 2. The van der Waals surface area contributed by atoms with E-state index >= 15 is 0 Å². The van der Waals surface area contributed by atoms with Crippen LogP contribution in [-0.4, -0.2) is 89.6 Å². The lowest BCUT2D eigenvalue weighted by Crippen LogP contribution is -2.47. The van der Waals surface area contributed by atoms with Crippen molar-refractivity contribution < 1.29 is 14.3 Å². The summed E-state index contributed by atoms with van der Waals surface area (Å²) in [6, 6.07) is 17.3. The number of benzene rings is 2. The fraction of sp³-hybridized carbons (Fsp3) is 0.394. The van der Waals surface area contributed by atoms with Gasteiger partial charge in [0.15, 0.2) is 5.65 Å².